The predicted molar refractivity (Wildman–Crippen MR) is 89.1 cm³/mol. The Bertz CT molecular complexity index is 813. The maximum Gasteiger partial charge on any atom is 0.273 e. The summed E-state index contributed by atoms with van der Waals surface area (Å²) in [5.41, 5.74) is 2.06. The highest BCUT2D eigenvalue weighted by molar-refractivity contribution is 5.93. The molecule has 4 nitrogen and oxygen atoms in total. The maximum absolute atomic E-state index is 12.9. The number of benzene rings is 2. The second kappa shape index (κ2) is 7.08. The van der Waals surface area contributed by atoms with Crippen molar-refractivity contribution in [1.29, 1.82) is 0 Å². The minimum atomic E-state index is -0.296. The number of hydrogen-bond acceptors (Lipinski definition) is 3. The van der Waals surface area contributed by atoms with Crippen LogP contribution in [0.3, 0.4) is 0 Å². The van der Waals surface area contributed by atoms with Crippen LogP contribution >= 0.6 is 0 Å². The lowest BCUT2D eigenvalue weighted by molar-refractivity contribution is 0.0942. The molecule has 0 radical (unpaired) electrons. The van der Waals surface area contributed by atoms with Crippen LogP contribution in [0.15, 0.2) is 65.2 Å². The minimum Gasteiger partial charge on any atom is -0.355 e. The Morgan fingerprint density at radius 3 is 2.58 bits per heavy atom. The van der Waals surface area contributed by atoms with Crippen molar-refractivity contribution in [2.75, 3.05) is 6.54 Å². The van der Waals surface area contributed by atoms with Crippen molar-refractivity contribution in [3.63, 3.8) is 0 Å². The first-order valence-electron chi connectivity index (χ1n) is 7.69. The standard InChI is InChI=1S/C19H17FN2O2/c1-13(14-7-9-16(20)10-8-14)12-21-19(23)17-11-18(24-22-17)15-5-3-2-4-6-15/h2-11,13H,12H2,1H3,(H,21,23). The summed E-state index contributed by atoms with van der Waals surface area (Å²) >= 11 is 0. The molecule has 1 atom stereocenters. The normalized spacial score (nSPS) is 11.9. The number of rotatable bonds is 5. The molecular formula is C19H17FN2O2. The van der Waals surface area contributed by atoms with Gasteiger partial charge in [-0.3, -0.25) is 4.79 Å². The van der Waals surface area contributed by atoms with E-state index < -0.39 is 0 Å². The van der Waals surface area contributed by atoms with E-state index in [-0.39, 0.29) is 23.3 Å². The van der Waals surface area contributed by atoms with E-state index in [1.165, 1.54) is 12.1 Å². The Kier molecular flexibility index (Phi) is 4.70. The summed E-state index contributed by atoms with van der Waals surface area (Å²) in [6, 6.07) is 17.3. The van der Waals surface area contributed by atoms with Crippen molar-refractivity contribution in [1.82, 2.24) is 10.5 Å². The quantitative estimate of drug-likeness (QED) is 0.771. The van der Waals surface area contributed by atoms with Crippen LogP contribution in [0.2, 0.25) is 0 Å². The third-order valence-corrected chi connectivity index (χ3v) is 3.81. The second-order valence-corrected chi connectivity index (χ2v) is 5.61. The monoisotopic (exact) mass is 324 g/mol. The first kappa shape index (κ1) is 15.9. The highest BCUT2D eigenvalue weighted by Crippen LogP contribution is 2.20. The number of amides is 1. The molecule has 1 heterocycles. The number of hydrogen-bond donors (Lipinski definition) is 1. The van der Waals surface area contributed by atoms with Crippen molar-refractivity contribution in [2.24, 2.45) is 0 Å². The number of aromatic nitrogens is 1. The van der Waals surface area contributed by atoms with Crippen molar-refractivity contribution < 1.29 is 13.7 Å². The molecule has 0 aliphatic rings. The Morgan fingerprint density at radius 2 is 1.88 bits per heavy atom. The summed E-state index contributed by atoms with van der Waals surface area (Å²) in [6.45, 7) is 2.39. The van der Waals surface area contributed by atoms with Gasteiger partial charge in [-0.1, -0.05) is 54.5 Å². The zero-order valence-corrected chi connectivity index (χ0v) is 13.2. The molecular weight excluding hydrogens is 307 g/mol. The van der Waals surface area contributed by atoms with E-state index in [9.17, 15) is 9.18 Å². The van der Waals surface area contributed by atoms with Crippen LogP contribution in [0.1, 0.15) is 28.9 Å². The van der Waals surface area contributed by atoms with Crippen LogP contribution in [0.4, 0.5) is 4.39 Å². The Balaban J connectivity index is 1.61. The molecule has 0 bridgehead atoms. The molecule has 1 aromatic heterocycles. The van der Waals surface area contributed by atoms with Gasteiger partial charge in [0.15, 0.2) is 11.5 Å². The number of nitrogens with one attached hydrogen (secondary N) is 1. The minimum absolute atomic E-state index is 0.0649. The Hall–Kier alpha value is -2.95. The van der Waals surface area contributed by atoms with Crippen molar-refractivity contribution in [3.8, 4) is 11.3 Å². The maximum atomic E-state index is 12.9. The van der Waals surface area contributed by atoms with E-state index >= 15 is 0 Å². The lowest BCUT2D eigenvalue weighted by Gasteiger charge is -2.12. The molecule has 1 N–H and O–H groups in total. The van der Waals surface area contributed by atoms with Gasteiger partial charge in [0, 0.05) is 18.2 Å². The first-order chi connectivity index (χ1) is 11.6. The Morgan fingerprint density at radius 1 is 1.17 bits per heavy atom. The fourth-order valence-corrected chi connectivity index (χ4v) is 2.37. The van der Waals surface area contributed by atoms with Gasteiger partial charge in [-0.15, -0.1) is 0 Å². The summed E-state index contributed by atoms with van der Waals surface area (Å²) in [5, 5.41) is 6.64. The smallest absolute Gasteiger partial charge is 0.273 e. The third-order valence-electron chi connectivity index (χ3n) is 3.81. The van der Waals surface area contributed by atoms with Crippen LogP contribution in [0.25, 0.3) is 11.3 Å². The van der Waals surface area contributed by atoms with Gasteiger partial charge < -0.3 is 9.84 Å². The fraction of sp³-hybridized carbons (Fsp3) is 0.158. The van der Waals surface area contributed by atoms with Gasteiger partial charge in [0.05, 0.1) is 0 Å². The van der Waals surface area contributed by atoms with E-state index in [1.54, 1.807) is 18.2 Å². The molecule has 0 fully saturated rings. The molecule has 0 spiro atoms. The number of halogens is 1. The van der Waals surface area contributed by atoms with E-state index in [4.69, 9.17) is 4.52 Å². The summed E-state index contributed by atoms with van der Waals surface area (Å²) in [5.74, 6) is 0.0447. The van der Waals surface area contributed by atoms with Crippen molar-refractivity contribution in [2.45, 2.75) is 12.8 Å². The summed E-state index contributed by atoms with van der Waals surface area (Å²) in [7, 11) is 0. The highest BCUT2D eigenvalue weighted by Gasteiger charge is 2.15. The lowest BCUT2D eigenvalue weighted by atomic mass is 10.0. The summed E-state index contributed by atoms with van der Waals surface area (Å²) < 4.78 is 18.2. The van der Waals surface area contributed by atoms with Crippen LogP contribution in [0.5, 0.6) is 0 Å². The largest absolute Gasteiger partial charge is 0.355 e. The second-order valence-electron chi connectivity index (χ2n) is 5.61. The zero-order valence-electron chi connectivity index (χ0n) is 13.2. The van der Waals surface area contributed by atoms with E-state index in [1.807, 2.05) is 37.3 Å². The van der Waals surface area contributed by atoms with E-state index in [0.29, 0.717) is 12.3 Å². The Labute approximate surface area is 139 Å². The van der Waals surface area contributed by atoms with Gasteiger partial charge in [-0.2, -0.15) is 0 Å². The van der Waals surface area contributed by atoms with E-state index in [0.717, 1.165) is 11.1 Å². The fourth-order valence-electron chi connectivity index (χ4n) is 2.37. The highest BCUT2D eigenvalue weighted by atomic mass is 19.1. The SMILES string of the molecule is CC(CNC(=O)c1cc(-c2ccccc2)on1)c1ccc(F)cc1. The van der Waals surface area contributed by atoms with Crippen molar-refractivity contribution in [3.05, 3.63) is 77.7 Å². The molecule has 1 unspecified atom stereocenters. The van der Waals surface area contributed by atoms with Gasteiger partial charge >= 0.3 is 0 Å². The zero-order chi connectivity index (χ0) is 16.9. The molecule has 24 heavy (non-hydrogen) atoms. The molecule has 3 aromatic rings. The van der Waals surface area contributed by atoms with Crippen LogP contribution in [-0.4, -0.2) is 17.6 Å². The molecule has 0 aliphatic heterocycles. The molecule has 0 aliphatic carbocycles. The third kappa shape index (κ3) is 3.68. The van der Waals surface area contributed by atoms with Gasteiger partial charge in [-0.25, -0.2) is 4.39 Å². The topological polar surface area (TPSA) is 55.1 Å². The average molecular weight is 324 g/mol. The molecule has 2 aromatic carbocycles. The number of carbonyl (C=O) groups excluding carboxylic acids is 1. The van der Waals surface area contributed by atoms with Gasteiger partial charge in [0.25, 0.3) is 5.91 Å². The molecule has 3 rings (SSSR count). The van der Waals surface area contributed by atoms with Crippen LogP contribution in [-0.2, 0) is 0 Å². The average Bonchev–Trinajstić information content (AvgIpc) is 3.11. The summed E-state index contributed by atoms with van der Waals surface area (Å²) in [6.07, 6.45) is 0. The molecule has 0 saturated carbocycles. The van der Waals surface area contributed by atoms with Gasteiger partial charge in [-0.05, 0) is 23.6 Å². The molecule has 5 heteroatoms. The molecule has 122 valence electrons. The van der Waals surface area contributed by atoms with E-state index in [2.05, 4.69) is 10.5 Å². The van der Waals surface area contributed by atoms with Crippen LogP contribution < -0.4 is 5.32 Å². The van der Waals surface area contributed by atoms with Crippen LogP contribution in [0, 0.1) is 5.82 Å². The first-order valence-corrected chi connectivity index (χ1v) is 7.69. The van der Waals surface area contributed by atoms with Gasteiger partial charge in [0.2, 0.25) is 0 Å². The number of carbonyl (C=O) groups is 1. The predicted octanol–water partition coefficient (Wildman–Crippen LogP) is 4.01. The summed E-state index contributed by atoms with van der Waals surface area (Å²) in [4.78, 5) is 12.2. The lowest BCUT2D eigenvalue weighted by Crippen LogP contribution is -2.27. The van der Waals surface area contributed by atoms with Crippen molar-refractivity contribution >= 4 is 5.91 Å². The number of nitrogens with zero attached hydrogens (tertiary/aromatic N) is 1. The molecule has 1 amide bonds. The molecule has 0 saturated heterocycles. The van der Waals surface area contributed by atoms with Gasteiger partial charge in [0.1, 0.15) is 5.82 Å².